The van der Waals surface area contributed by atoms with E-state index in [0.29, 0.717) is 17.3 Å². The van der Waals surface area contributed by atoms with Crippen molar-refractivity contribution in [2.45, 2.75) is 51.1 Å². The van der Waals surface area contributed by atoms with Crippen molar-refractivity contribution in [1.29, 1.82) is 0 Å². The molecule has 6 nitrogen and oxygen atoms in total. The highest BCUT2D eigenvalue weighted by Crippen LogP contribution is 2.19. The number of rotatable bonds is 5. The minimum Gasteiger partial charge on any atom is -0.347 e. The van der Waals surface area contributed by atoms with E-state index < -0.39 is 0 Å². The SMILES string of the molecule is CCCNC(=O)NC1CCCCC1NC(=O)c1ccc(Cl)nc1. The lowest BCUT2D eigenvalue weighted by Crippen LogP contribution is -2.55. The first-order valence-electron chi connectivity index (χ1n) is 8.07. The minimum atomic E-state index is -0.193. The fraction of sp³-hybridized carbons (Fsp3) is 0.562. The van der Waals surface area contributed by atoms with E-state index in [4.69, 9.17) is 11.6 Å². The fourth-order valence-electron chi connectivity index (χ4n) is 2.70. The Morgan fingerprint density at radius 3 is 2.52 bits per heavy atom. The van der Waals surface area contributed by atoms with Crippen molar-refractivity contribution in [3.63, 3.8) is 0 Å². The molecule has 1 aliphatic rings. The first kappa shape index (κ1) is 17.5. The van der Waals surface area contributed by atoms with Crippen molar-refractivity contribution >= 4 is 23.5 Å². The van der Waals surface area contributed by atoms with Crippen LogP contribution in [0.5, 0.6) is 0 Å². The third-order valence-corrected chi connectivity index (χ3v) is 4.15. The molecule has 3 amide bonds. The van der Waals surface area contributed by atoms with E-state index in [0.717, 1.165) is 32.1 Å². The van der Waals surface area contributed by atoms with Crippen LogP contribution in [0.25, 0.3) is 0 Å². The maximum Gasteiger partial charge on any atom is 0.315 e. The molecule has 2 unspecified atom stereocenters. The standard InChI is InChI=1S/C16H23ClN4O2/c1-2-9-18-16(23)21-13-6-4-3-5-12(13)20-15(22)11-7-8-14(17)19-10-11/h7-8,10,12-13H,2-6,9H2,1H3,(H,20,22)(H2,18,21,23). The minimum absolute atomic E-state index is 0.0511. The molecule has 0 aliphatic heterocycles. The number of nitrogens with zero attached hydrogens (tertiary/aromatic N) is 1. The van der Waals surface area contributed by atoms with Crippen LogP contribution in [0, 0.1) is 0 Å². The van der Waals surface area contributed by atoms with Gasteiger partial charge in [0.25, 0.3) is 5.91 Å². The Labute approximate surface area is 141 Å². The molecule has 2 rings (SSSR count). The second-order valence-corrected chi connectivity index (χ2v) is 6.13. The smallest absolute Gasteiger partial charge is 0.315 e. The van der Waals surface area contributed by atoms with Crippen LogP contribution in [0.3, 0.4) is 0 Å². The van der Waals surface area contributed by atoms with Gasteiger partial charge in [-0.2, -0.15) is 0 Å². The first-order chi connectivity index (χ1) is 11.1. The molecule has 0 spiro atoms. The van der Waals surface area contributed by atoms with Gasteiger partial charge in [-0.15, -0.1) is 0 Å². The Balaban J connectivity index is 1.93. The second-order valence-electron chi connectivity index (χ2n) is 5.74. The largest absolute Gasteiger partial charge is 0.347 e. The van der Waals surface area contributed by atoms with E-state index in [1.165, 1.54) is 6.20 Å². The lowest BCUT2D eigenvalue weighted by Gasteiger charge is -2.32. The molecular weight excluding hydrogens is 316 g/mol. The molecule has 1 saturated carbocycles. The summed E-state index contributed by atoms with van der Waals surface area (Å²) < 4.78 is 0. The molecule has 1 heterocycles. The predicted molar refractivity (Wildman–Crippen MR) is 89.6 cm³/mol. The van der Waals surface area contributed by atoms with Crippen LogP contribution in [0.4, 0.5) is 4.79 Å². The maximum absolute atomic E-state index is 12.3. The number of halogens is 1. The van der Waals surface area contributed by atoms with Gasteiger partial charge >= 0.3 is 6.03 Å². The molecule has 23 heavy (non-hydrogen) atoms. The van der Waals surface area contributed by atoms with Gasteiger partial charge in [-0.25, -0.2) is 9.78 Å². The van der Waals surface area contributed by atoms with E-state index in [1.54, 1.807) is 12.1 Å². The van der Waals surface area contributed by atoms with Crippen molar-refractivity contribution in [1.82, 2.24) is 20.9 Å². The van der Waals surface area contributed by atoms with Crippen LogP contribution in [-0.2, 0) is 0 Å². The van der Waals surface area contributed by atoms with Crippen LogP contribution in [0.15, 0.2) is 18.3 Å². The Hall–Kier alpha value is -1.82. The molecule has 0 bridgehead atoms. The van der Waals surface area contributed by atoms with Gasteiger partial charge < -0.3 is 16.0 Å². The highest BCUT2D eigenvalue weighted by Gasteiger charge is 2.28. The molecule has 1 aromatic heterocycles. The monoisotopic (exact) mass is 338 g/mol. The summed E-state index contributed by atoms with van der Waals surface area (Å²) in [5.41, 5.74) is 0.467. The molecule has 2 atom stereocenters. The maximum atomic E-state index is 12.3. The van der Waals surface area contributed by atoms with E-state index in [1.807, 2.05) is 6.92 Å². The average Bonchev–Trinajstić information content (AvgIpc) is 2.55. The molecule has 3 N–H and O–H groups in total. The average molecular weight is 339 g/mol. The molecule has 0 radical (unpaired) electrons. The van der Waals surface area contributed by atoms with Gasteiger partial charge in [-0.05, 0) is 31.4 Å². The number of carbonyl (C=O) groups is 2. The number of aromatic nitrogens is 1. The van der Waals surface area contributed by atoms with Gasteiger partial charge in [0.15, 0.2) is 0 Å². The molecule has 7 heteroatoms. The predicted octanol–water partition coefficient (Wildman–Crippen LogP) is 2.49. The highest BCUT2D eigenvalue weighted by molar-refractivity contribution is 6.29. The summed E-state index contributed by atoms with van der Waals surface area (Å²) in [6, 6.07) is 2.94. The number of amides is 3. The Kier molecular flexibility index (Phi) is 6.65. The zero-order valence-electron chi connectivity index (χ0n) is 13.3. The Morgan fingerprint density at radius 1 is 1.22 bits per heavy atom. The molecule has 0 saturated heterocycles. The van der Waals surface area contributed by atoms with E-state index in [2.05, 4.69) is 20.9 Å². The number of urea groups is 1. The van der Waals surface area contributed by atoms with E-state index in [9.17, 15) is 9.59 Å². The number of pyridine rings is 1. The van der Waals surface area contributed by atoms with Crippen molar-refractivity contribution in [2.24, 2.45) is 0 Å². The normalized spacial score (nSPS) is 20.6. The van der Waals surface area contributed by atoms with Crippen LogP contribution >= 0.6 is 11.6 Å². The summed E-state index contributed by atoms with van der Waals surface area (Å²) in [6.45, 7) is 2.65. The van der Waals surface area contributed by atoms with Crippen LogP contribution in [-0.4, -0.2) is 35.6 Å². The summed E-state index contributed by atoms with van der Waals surface area (Å²) in [4.78, 5) is 28.1. The van der Waals surface area contributed by atoms with Crippen molar-refractivity contribution in [3.8, 4) is 0 Å². The molecule has 0 aromatic carbocycles. The van der Waals surface area contributed by atoms with Crippen LogP contribution in [0.2, 0.25) is 5.15 Å². The fourth-order valence-corrected chi connectivity index (χ4v) is 2.81. The first-order valence-corrected chi connectivity index (χ1v) is 8.44. The summed E-state index contributed by atoms with van der Waals surface area (Å²) in [5.74, 6) is -0.193. The third-order valence-electron chi connectivity index (χ3n) is 3.92. The Morgan fingerprint density at radius 2 is 1.91 bits per heavy atom. The zero-order chi connectivity index (χ0) is 16.7. The molecule has 126 valence electrons. The van der Waals surface area contributed by atoms with Crippen LogP contribution < -0.4 is 16.0 Å². The van der Waals surface area contributed by atoms with Gasteiger partial charge in [-0.1, -0.05) is 31.4 Å². The number of hydrogen-bond acceptors (Lipinski definition) is 3. The summed E-state index contributed by atoms with van der Waals surface area (Å²) in [5, 5.41) is 9.13. The topological polar surface area (TPSA) is 83.1 Å². The highest BCUT2D eigenvalue weighted by atomic mass is 35.5. The van der Waals surface area contributed by atoms with Gasteiger partial charge in [0.1, 0.15) is 5.15 Å². The molecule has 1 aromatic rings. The van der Waals surface area contributed by atoms with Crippen LogP contribution in [0.1, 0.15) is 49.4 Å². The second kappa shape index (κ2) is 8.72. The van der Waals surface area contributed by atoms with E-state index >= 15 is 0 Å². The summed E-state index contributed by atoms with van der Waals surface area (Å²) in [7, 11) is 0. The Bertz CT molecular complexity index is 535. The van der Waals surface area contributed by atoms with Crippen molar-refractivity contribution in [3.05, 3.63) is 29.0 Å². The van der Waals surface area contributed by atoms with Crippen molar-refractivity contribution < 1.29 is 9.59 Å². The molecule has 1 fully saturated rings. The molecular formula is C16H23ClN4O2. The number of hydrogen-bond donors (Lipinski definition) is 3. The zero-order valence-corrected chi connectivity index (χ0v) is 14.0. The molecule has 1 aliphatic carbocycles. The summed E-state index contributed by atoms with van der Waals surface area (Å²) >= 11 is 5.73. The van der Waals surface area contributed by atoms with Gasteiger partial charge in [-0.3, -0.25) is 4.79 Å². The quantitative estimate of drug-likeness (QED) is 0.721. The number of nitrogens with one attached hydrogen (secondary N) is 3. The lowest BCUT2D eigenvalue weighted by molar-refractivity contribution is 0.0915. The van der Waals surface area contributed by atoms with Gasteiger partial charge in [0.05, 0.1) is 11.6 Å². The lowest BCUT2D eigenvalue weighted by atomic mass is 9.90. The van der Waals surface area contributed by atoms with E-state index in [-0.39, 0.29) is 24.0 Å². The third kappa shape index (κ3) is 5.39. The number of carbonyl (C=O) groups excluding carboxylic acids is 2. The van der Waals surface area contributed by atoms with Gasteiger partial charge in [0.2, 0.25) is 0 Å². The van der Waals surface area contributed by atoms with Gasteiger partial charge in [0, 0.05) is 18.8 Å². The summed E-state index contributed by atoms with van der Waals surface area (Å²) in [6.07, 6.45) is 6.15. The van der Waals surface area contributed by atoms with Crippen molar-refractivity contribution in [2.75, 3.05) is 6.54 Å².